The van der Waals surface area contributed by atoms with Gasteiger partial charge in [0.25, 0.3) is 0 Å². The second kappa shape index (κ2) is 14.6. The van der Waals surface area contributed by atoms with Gasteiger partial charge in [0.15, 0.2) is 11.5 Å². The predicted molar refractivity (Wildman–Crippen MR) is 118 cm³/mol. The van der Waals surface area contributed by atoms with Crippen molar-refractivity contribution in [2.24, 2.45) is 0 Å². The number of para-hydroxylation sites is 1. The van der Waals surface area contributed by atoms with Crippen molar-refractivity contribution in [3.05, 3.63) is 59.7 Å². The molecular weight excluding hydrogens is 383 g/mol. The maximum atomic E-state index is 6.13. The molecule has 0 heterocycles. The van der Waals surface area contributed by atoms with Crippen molar-refractivity contribution in [2.45, 2.75) is 26.5 Å². The molecule has 6 heteroatoms. The van der Waals surface area contributed by atoms with Crippen LogP contribution in [-0.4, -0.2) is 38.7 Å². The van der Waals surface area contributed by atoms with Gasteiger partial charge in [0.2, 0.25) is 0 Å². The summed E-state index contributed by atoms with van der Waals surface area (Å²) in [5.74, 6) is 1.65. The van der Waals surface area contributed by atoms with Crippen LogP contribution in [0.4, 0.5) is 0 Å². The Morgan fingerprint density at radius 3 is 2.33 bits per heavy atom. The highest BCUT2D eigenvalue weighted by Crippen LogP contribution is 2.32. The molecule has 0 unspecified atom stereocenters. The van der Waals surface area contributed by atoms with Crippen molar-refractivity contribution in [1.29, 1.82) is 0 Å². The fraction of sp³-hybridized carbons (Fsp3) is 0.429. The summed E-state index contributed by atoms with van der Waals surface area (Å²) in [7, 11) is 4.20. The van der Waals surface area contributed by atoms with Crippen LogP contribution in [0.1, 0.15) is 24.5 Å². The van der Waals surface area contributed by atoms with Crippen LogP contribution in [0.15, 0.2) is 48.5 Å². The maximum Gasteiger partial charge on any atom is 0.166 e. The van der Waals surface area contributed by atoms with Crippen LogP contribution in [0.25, 0.3) is 0 Å². The summed E-state index contributed by atoms with van der Waals surface area (Å²) in [6, 6.07) is 16.3. The van der Waals surface area contributed by atoms with E-state index in [9.17, 15) is 0 Å². The largest absolute Gasteiger partial charge is 0.490 e. The van der Waals surface area contributed by atoms with Crippen LogP contribution in [0, 0.1) is 0 Å². The molecule has 152 valence electrons. The van der Waals surface area contributed by atoms with E-state index in [1.165, 1.54) is 0 Å². The van der Waals surface area contributed by atoms with Crippen LogP contribution >= 0.6 is 24.8 Å². The molecule has 0 bridgehead atoms. The van der Waals surface area contributed by atoms with Crippen molar-refractivity contribution in [3.8, 4) is 11.5 Å². The van der Waals surface area contributed by atoms with E-state index >= 15 is 0 Å². The summed E-state index contributed by atoms with van der Waals surface area (Å²) in [6.07, 6.45) is 1.12. The topological polar surface area (TPSA) is 33.7 Å². The van der Waals surface area contributed by atoms with E-state index in [0.29, 0.717) is 13.2 Å². The summed E-state index contributed by atoms with van der Waals surface area (Å²) in [5.41, 5.74) is 2.28. The van der Waals surface area contributed by atoms with E-state index in [2.05, 4.69) is 42.5 Å². The molecule has 2 aromatic carbocycles. The number of hydrogen-bond donors (Lipinski definition) is 1. The normalized spacial score (nSPS) is 10.1. The SMILES string of the molecule is CCOc1cccc(CNCCCN(C)C)c1OCc1ccccc1.Cl.Cl. The van der Waals surface area contributed by atoms with Gasteiger partial charge in [-0.3, -0.25) is 0 Å². The summed E-state index contributed by atoms with van der Waals surface area (Å²) in [6.45, 7) is 6.00. The average molecular weight is 415 g/mol. The van der Waals surface area contributed by atoms with Crippen LogP contribution in [-0.2, 0) is 13.2 Å². The molecule has 2 rings (SSSR count). The molecule has 4 nitrogen and oxygen atoms in total. The summed E-state index contributed by atoms with van der Waals surface area (Å²) in [5, 5.41) is 3.50. The minimum Gasteiger partial charge on any atom is -0.490 e. The van der Waals surface area contributed by atoms with Gasteiger partial charge in [0, 0.05) is 12.1 Å². The van der Waals surface area contributed by atoms with Crippen molar-refractivity contribution < 1.29 is 9.47 Å². The molecule has 0 radical (unpaired) electrons. The smallest absolute Gasteiger partial charge is 0.166 e. The fourth-order valence-corrected chi connectivity index (χ4v) is 2.61. The summed E-state index contributed by atoms with van der Waals surface area (Å²) < 4.78 is 11.9. The third-order valence-electron chi connectivity index (χ3n) is 3.86. The molecule has 1 N–H and O–H groups in total. The zero-order valence-corrected chi connectivity index (χ0v) is 18.1. The molecule has 0 aliphatic carbocycles. The quantitative estimate of drug-likeness (QED) is 0.546. The molecule has 0 fully saturated rings. The van der Waals surface area contributed by atoms with Gasteiger partial charge in [-0.25, -0.2) is 0 Å². The van der Waals surface area contributed by atoms with Gasteiger partial charge in [-0.1, -0.05) is 42.5 Å². The van der Waals surface area contributed by atoms with Crippen molar-refractivity contribution in [3.63, 3.8) is 0 Å². The Morgan fingerprint density at radius 1 is 0.926 bits per heavy atom. The first-order chi connectivity index (χ1) is 12.2. The Bertz CT molecular complexity index is 625. The second-order valence-corrected chi connectivity index (χ2v) is 6.29. The van der Waals surface area contributed by atoms with Crippen molar-refractivity contribution >= 4 is 24.8 Å². The lowest BCUT2D eigenvalue weighted by Gasteiger charge is -2.17. The predicted octanol–water partition coefficient (Wildman–Crippen LogP) is 4.55. The van der Waals surface area contributed by atoms with Crippen molar-refractivity contribution in [1.82, 2.24) is 10.2 Å². The van der Waals surface area contributed by atoms with E-state index in [-0.39, 0.29) is 24.8 Å². The first-order valence-electron chi connectivity index (χ1n) is 8.97. The number of halogens is 2. The van der Waals surface area contributed by atoms with Crippen molar-refractivity contribution in [2.75, 3.05) is 33.8 Å². The van der Waals surface area contributed by atoms with Crippen LogP contribution < -0.4 is 14.8 Å². The third kappa shape index (κ3) is 9.34. The zero-order valence-electron chi connectivity index (χ0n) is 16.4. The number of ether oxygens (including phenoxy) is 2. The van der Waals surface area contributed by atoms with Gasteiger partial charge in [0.1, 0.15) is 6.61 Å². The molecule has 0 atom stereocenters. The average Bonchev–Trinajstić information content (AvgIpc) is 2.61. The molecule has 0 aromatic heterocycles. The van der Waals surface area contributed by atoms with Gasteiger partial charge in [-0.2, -0.15) is 0 Å². The lowest BCUT2D eigenvalue weighted by atomic mass is 10.1. The summed E-state index contributed by atoms with van der Waals surface area (Å²) >= 11 is 0. The highest BCUT2D eigenvalue weighted by atomic mass is 35.5. The molecule has 0 aliphatic heterocycles. The molecule has 27 heavy (non-hydrogen) atoms. The highest BCUT2D eigenvalue weighted by molar-refractivity contribution is 5.85. The second-order valence-electron chi connectivity index (χ2n) is 6.29. The highest BCUT2D eigenvalue weighted by Gasteiger charge is 2.11. The summed E-state index contributed by atoms with van der Waals surface area (Å²) in [4.78, 5) is 2.20. The van der Waals surface area contributed by atoms with Gasteiger partial charge < -0.3 is 19.7 Å². The molecule has 2 aromatic rings. The lowest BCUT2D eigenvalue weighted by molar-refractivity contribution is 0.266. The van der Waals surface area contributed by atoms with Gasteiger partial charge in [-0.15, -0.1) is 24.8 Å². The molecule has 0 spiro atoms. The van der Waals surface area contributed by atoms with Gasteiger partial charge in [-0.05, 0) is 52.2 Å². The first kappa shape index (κ1) is 25.5. The Morgan fingerprint density at radius 2 is 1.67 bits per heavy atom. The monoisotopic (exact) mass is 414 g/mol. The van der Waals surface area contributed by atoms with E-state index in [4.69, 9.17) is 9.47 Å². The number of nitrogens with one attached hydrogen (secondary N) is 1. The van der Waals surface area contributed by atoms with Crippen LogP contribution in [0.2, 0.25) is 0 Å². The first-order valence-corrected chi connectivity index (χ1v) is 8.97. The van der Waals surface area contributed by atoms with Gasteiger partial charge >= 0.3 is 0 Å². The van der Waals surface area contributed by atoms with E-state index in [0.717, 1.165) is 48.7 Å². The van der Waals surface area contributed by atoms with Crippen LogP contribution in [0.3, 0.4) is 0 Å². The van der Waals surface area contributed by atoms with Crippen LogP contribution in [0.5, 0.6) is 11.5 Å². The lowest BCUT2D eigenvalue weighted by Crippen LogP contribution is -2.21. The Hall–Kier alpha value is -1.46. The van der Waals surface area contributed by atoms with E-state index < -0.39 is 0 Å². The fourth-order valence-electron chi connectivity index (χ4n) is 2.61. The third-order valence-corrected chi connectivity index (χ3v) is 3.86. The van der Waals surface area contributed by atoms with Gasteiger partial charge in [0.05, 0.1) is 6.61 Å². The van der Waals surface area contributed by atoms with E-state index in [1.54, 1.807) is 0 Å². The Kier molecular flexibility index (Phi) is 13.8. The minimum absolute atomic E-state index is 0. The number of benzene rings is 2. The zero-order chi connectivity index (χ0) is 17.9. The Labute approximate surface area is 176 Å². The number of hydrogen-bond acceptors (Lipinski definition) is 4. The standard InChI is InChI=1S/C21H30N2O2.2ClH/c1-4-24-20-13-8-12-19(16-22-14-9-15-23(2)3)21(20)25-17-18-10-6-5-7-11-18;;/h5-8,10-13,22H,4,9,14-17H2,1-3H3;2*1H. The Balaban J connectivity index is 0.00000338. The number of nitrogens with zero attached hydrogens (tertiary/aromatic N) is 1. The molecule has 0 amide bonds. The maximum absolute atomic E-state index is 6.13. The minimum atomic E-state index is 0. The molecule has 0 saturated heterocycles. The molecule has 0 saturated carbocycles. The van der Waals surface area contributed by atoms with E-state index in [1.807, 2.05) is 37.3 Å². The number of rotatable bonds is 11. The molecule has 0 aliphatic rings. The molecular formula is C21H32Cl2N2O2.